The molecule has 0 saturated carbocycles. The molecule has 1 aromatic carbocycles. The maximum atomic E-state index is 13.6. The zero-order chi connectivity index (χ0) is 22.0. The summed E-state index contributed by atoms with van der Waals surface area (Å²) in [5.74, 6) is -1.63. The molecule has 2 aromatic rings. The van der Waals surface area contributed by atoms with Crippen LogP contribution in [0.2, 0.25) is 0 Å². The van der Waals surface area contributed by atoms with Crippen LogP contribution in [0.1, 0.15) is 36.1 Å². The number of primary amides is 1. The molecule has 2 saturated heterocycles. The number of thiophene rings is 1. The molecule has 2 aliphatic rings. The van der Waals surface area contributed by atoms with Gasteiger partial charge in [-0.1, -0.05) is 36.4 Å². The van der Waals surface area contributed by atoms with Crippen LogP contribution >= 0.6 is 11.3 Å². The Kier molecular flexibility index (Phi) is 5.91. The van der Waals surface area contributed by atoms with Gasteiger partial charge in [-0.3, -0.25) is 24.1 Å². The van der Waals surface area contributed by atoms with Crippen LogP contribution in [0, 0.1) is 5.92 Å². The normalized spacial score (nSPS) is 23.9. The number of benzene rings is 1. The van der Waals surface area contributed by atoms with Crippen LogP contribution < -0.4 is 5.73 Å². The number of nitrogens with zero attached hydrogens (tertiary/aromatic N) is 2. The maximum Gasteiger partial charge on any atom is 0.241 e. The summed E-state index contributed by atoms with van der Waals surface area (Å²) in [4.78, 5) is 55.2. The van der Waals surface area contributed by atoms with Gasteiger partial charge in [-0.15, -0.1) is 11.3 Å². The number of carbonyl (C=O) groups is 4. The number of amides is 4. The Morgan fingerprint density at radius 2 is 1.90 bits per heavy atom. The predicted molar refractivity (Wildman–Crippen MR) is 116 cm³/mol. The van der Waals surface area contributed by atoms with E-state index in [1.165, 1.54) is 16.2 Å². The molecular weight excluding hydrogens is 414 g/mol. The van der Waals surface area contributed by atoms with E-state index < -0.39 is 11.3 Å². The van der Waals surface area contributed by atoms with Gasteiger partial charge in [0.25, 0.3) is 0 Å². The van der Waals surface area contributed by atoms with Crippen molar-refractivity contribution in [1.29, 1.82) is 0 Å². The van der Waals surface area contributed by atoms with Crippen LogP contribution in [-0.2, 0) is 31.1 Å². The minimum atomic E-state index is -1.23. The van der Waals surface area contributed by atoms with E-state index in [2.05, 4.69) is 0 Å². The van der Waals surface area contributed by atoms with Gasteiger partial charge in [-0.2, -0.15) is 0 Å². The summed E-state index contributed by atoms with van der Waals surface area (Å²) >= 11 is 1.48. The number of hydrogen-bond donors (Lipinski definition) is 1. The van der Waals surface area contributed by atoms with E-state index in [-0.39, 0.29) is 49.6 Å². The first kappa shape index (κ1) is 21.2. The van der Waals surface area contributed by atoms with E-state index in [0.29, 0.717) is 24.9 Å². The molecule has 7 nitrogen and oxygen atoms in total. The molecule has 2 fully saturated rings. The Bertz CT molecular complexity index is 992. The molecule has 0 aliphatic carbocycles. The van der Waals surface area contributed by atoms with E-state index in [1.54, 1.807) is 17.0 Å². The average molecular weight is 440 g/mol. The first-order chi connectivity index (χ1) is 14.9. The topological polar surface area (TPSA) is 101 Å². The molecule has 0 spiro atoms. The number of nitrogens with two attached hydrogens (primary N) is 1. The molecule has 0 radical (unpaired) electrons. The van der Waals surface area contributed by atoms with E-state index in [1.807, 2.05) is 35.7 Å². The highest BCUT2D eigenvalue weighted by Gasteiger charge is 2.54. The third-order valence-corrected chi connectivity index (χ3v) is 7.12. The Balaban J connectivity index is 1.62. The van der Waals surface area contributed by atoms with Crippen molar-refractivity contribution in [3.8, 4) is 0 Å². The zero-order valence-corrected chi connectivity index (χ0v) is 18.0. The second-order valence-corrected chi connectivity index (χ2v) is 9.28. The maximum absolute atomic E-state index is 13.6. The molecule has 0 bridgehead atoms. The molecule has 162 valence electrons. The minimum absolute atomic E-state index is 0.0416. The monoisotopic (exact) mass is 439 g/mol. The van der Waals surface area contributed by atoms with Gasteiger partial charge in [0, 0.05) is 30.8 Å². The molecule has 4 rings (SSSR count). The Hall–Kier alpha value is -3.00. The van der Waals surface area contributed by atoms with Crippen molar-refractivity contribution in [2.45, 2.75) is 37.6 Å². The second-order valence-electron chi connectivity index (χ2n) is 8.25. The largest absolute Gasteiger partial charge is 0.369 e. The van der Waals surface area contributed by atoms with Crippen LogP contribution in [0.15, 0.2) is 47.8 Å². The van der Waals surface area contributed by atoms with E-state index in [4.69, 9.17) is 5.73 Å². The molecule has 2 aliphatic heterocycles. The number of rotatable bonds is 6. The molecule has 0 unspecified atom stereocenters. The van der Waals surface area contributed by atoms with Crippen molar-refractivity contribution >= 4 is 35.0 Å². The van der Waals surface area contributed by atoms with Gasteiger partial charge < -0.3 is 10.6 Å². The number of imide groups is 1. The Morgan fingerprint density at radius 1 is 1.13 bits per heavy atom. The molecule has 4 amide bonds. The van der Waals surface area contributed by atoms with Crippen LogP contribution in [-0.4, -0.2) is 46.5 Å². The fraction of sp³-hybridized carbons (Fsp3) is 0.391. The van der Waals surface area contributed by atoms with Crippen molar-refractivity contribution in [3.63, 3.8) is 0 Å². The van der Waals surface area contributed by atoms with Gasteiger partial charge in [-0.25, -0.2) is 0 Å². The SMILES string of the molecule is NC(=O)[C@@H]1CCCN(C(=O)C[C@@]2(c3ccccc3)CC(=O)N(Cc3cccs3)C2=O)C1. The van der Waals surface area contributed by atoms with Gasteiger partial charge in [0.05, 0.1) is 17.9 Å². The first-order valence-electron chi connectivity index (χ1n) is 10.4. The van der Waals surface area contributed by atoms with Crippen molar-refractivity contribution < 1.29 is 19.2 Å². The van der Waals surface area contributed by atoms with Gasteiger partial charge in [0.1, 0.15) is 0 Å². The van der Waals surface area contributed by atoms with Crippen molar-refractivity contribution in [3.05, 3.63) is 58.3 Å². The zero-order valence-electron chi connectivity index (χ0n) is 17.2. The quantitative estimate of drug-likeness (QED) is 0.696. The lowest BCUT2D eigenvalue weighted by atomic mass is 9.75. The van der Waals surface area contributed by atoms with Gasteiger partial charge >= 0.3 is 0 Å². The lowest BCUT2D eigenvalue weighted by Crippen LogP contribution is -2.47. The van der Waals surface area contributed by atoms with Crippen LogP contribution in [0.3, 0.4) is 0 Å². The van der Waals surface area contributed by atoms with E-state index >= 15 is 0 Å². The second kappa shape index (κ2) is 8.63. The summed E-state index contributed by atoms with van der Waals surface area (Å²) in [7, 11) is 0. The molecule has 2 atom stereocenters. The number of likely N-dealkylation sites (tertiary alicyclic amines) is 2. The highest BCUT2D eigenvalue weighted by molar-refractivity contribution is 7.09. The molecule has 8 heteroatoms. The van der Waals surface area contributed by atoms with E-state index in [9.17, 15) is 19.2 Å². The molecule has 1 aromatic heterocycles. The van der Waals surface area contributed by atoms with Crippen molar-refractivity contribution in [2.75, 3.05) is 13.1 Å². The van der Waals surface area contributed by atoms with Gasteiger partial charge in [0.2, 0.25) is 23.6 Å². The van der Waals surface area contributed by atoms with Crippen LogP contribution in [0.4, 0.5) is 0 Å². The highest BCUT2D eigenvalue weighted by Crippen LogP contribution is 2.41. The lowest BCUT2D eigenvalue weighted by molar-refractivity contribution is -0.144. The average Bonchev–Trinajstić information content (AvgIpc) is 3.37. The predicted octanol–water partition coefficient (Wildman–Crippen LogP) is 2.06. The number of hydrogen-bond acceptors (Lipinski definition) is 5. The summed E-state index contributed by atoms with van der Waals surface area (Å²) in [6, 6.07) is 12.8. The first-order valence-corrected chi connectivity index (χ1v) is 11.3. The third-order valence-electron chi connectivity index (χ3n) is 6.26. The van der Waals surface area contributed by atoms with Crippen molar-refractivity contribution in [2.24, 2.45) is 11.7 Å². The third kappa shape index (κ3) is 4.12. The summed E-state index contributed by atoms with van der Waals surface area (Å²) in [6.07, 6.45) is 1.21. The summed E-state index contributed by atoms with van der Waals surface area (Å²) in [5.41, 5.74) is 4.89. The van der Waals surface area contributed by atoms with Crippen molar-refractivity contribution in [1.82, 2.24) is 9.80 Å². The molecule has 31 heavy (non-hydrogen) atoms. The smallest absolute Gasteiger partial charge is 0.241 e. The summed E-state index contributed by atoms with van der Waals surface area (Å²) < 4.78 is 0. The molecule has 2 N–H and O–H groups in total. The molecular formula is C23H25N3O4S. The lowest BCUT2D eigenvalue weighted by Gasteiger charge is -2.34. The standard InChI is InChI=1S/C23H25N3O4S/c24-21(29)16-6-4-10-25(14-16)19(27)12-23(17-7-2-1-3-8-17)13-20(28)26(22(23)30)15-18-9-5-11-31-18/h1-3,5,7-9,11,16H,4,6,10,12-15H2,(H2,24,29)/t16-,23+/m1/s1. The minimum Gasteiger partial charge on any atom is -0.369 e. The summed E-state index contributed by atoms with van der Waals surface area (Å²) in [5, 5.41) is 1.90. The Labute approximate surface area is 184 Å². The highest BCUT2D eigenvalue weighted by atomic mass is 32.1. The molecule has 3 heterocycles. The van der Waals surface area contributed by atoms with E-state index in [0.717, 1.165) is 4.88 Å². The van der Waals surface area contributed by atoms with Gasteiger partial charge in [-0.05, 0) is 29.9 Å². The fourth-order valence-corrected chi connectivity index (χ4v) is 5.24. The number of piperidine rings is 1. The Morgan fingerprint density at radius 3 is 2.58 bits per heavy atom. The fourth-order valence-electron chi connectivity index (χ4n) is 4.55. The van der Waals surface area contributed by atoms with Gasteiger partial charge in [0.15, 0.2) is 0 Å². The van der Waals surface area contributed by atoms with Crippen LogP contribution in [0.5, 0.6) is 0 Å². The van der Waals surface area contributed by atoms with Crippen LogP contribution in [0.25, 0.3) is 0 Å². The summed E-state index contributed by atoms with van der Waals surface area (Å²) in [6.45, 7) is 1.00. The number of carbonyl (C=O) groups excluding carboxylic acids is 4.